The molecule has 0 atom stereocenters. The van der Waals surface area contributed by atoms with Gasteiger partial charge < -0.3 is 8.83 Å². The summed E-state index contributed by atoms with van der Waals surface area (Å²) in [6, 6.07) is 167. The lowest BCUT2D eigenvalue weighted by atomic mass is 9.90. The smallest absolute Gasteiger partial charge is 0.164 e. The monoisotopic (exact) mass is 1820 g/mol. The summed E-state index contributed by atoms with van der Waals surface area (Å²) in [6.45, 7) is 0. The van der Waals surface area contributed by atoms with Crippen LogP contribution in [0.15, 0.2) is 488 Å². The topological polar surface area (TPSA) is 142 Å². The Bertz CT molecular complexity index is 9700. The van der Waals surface area contributed by atoms with E-state index in [1.807, 2.05) is 163 Å². The summed E-state index contributed by atoms with van der Waals surface area (Å²) in [5.74, 6) is 5.81. The van der Waals surface area contributed by atoms with Crippen molar-refractivity contribution in [3.63, 3.8) is 0 Å². The van der Waals surface area contributed by atoms with Crippen molar-refractivity contribution < 1.29 is 8.83 Å². The van der Waals surface area contributed by atoms with Gasteiger partial charge in [0.15, 0.2) is 52.4 Å². The van der Waals surface area contributed by atoms with Gasteiger partial charge in [-0.25, -0.2) is 44.9 Å². The Morgan fingerprint density at radius 2 is 0.468 bits per heavy atom. The molecule has 0 aliphatic heterocycles. The largest absolute Gasteiger partial charge is 0.456 e. The highest BCUT2D eigenvalue weighted by atomic mass is 32.1. The lowest BCUT2D eigenvalue weighted by molar-refractivity contribution is 0.669. The summed E-state index contributed by atoms with van der Waals surface area (Å²) in [5.41, 5.74) is 21.5. The first-order chi connectivity index (χ1) is 69.9. The van der Waals surface area contributed by atoms with Crippen molar-refractivity contribution in [2.75, 3.05) is 0 Å². The van der Waals surface area contributed by atoms with Crippen LogP contribution in [0.25, 0.3) is 276 Å². The summed E-state index contributed by atoms with van der Waals surface area (Å²) >= 11 is 1.84. The minimum Gasteiger partial charge on any atom is -0.456 e. The number of benzene rings is 22. The number of furan rings is 2. The normalized spacial score (nSPS) is 11.5. The maximum absolute atomic E-state index is 6.39. The van der Waals surface area contributed by atoms with Crippen LogP contribution in [0.4, 0.5) is 0 Å². The van der Waals surface area contributed by atoms with Gasteiger partial charge in [-0.1, -0.05) is 419 Å². The van der Waals surface area contributed by atoms with Crippen LogP contribution in [0.5, 0.6) is 0 Å². The molecule has 141 heavy (non-hydrogen) atoms. The quantitative estimate of drug-likeness (QED) is 0.109. The number of hydrogen-bond acceptors (Lipinski definition) is 12. The van der Waals surface area contributed by atoms with Gasteiger partial charge in [0.05, 0.1) is 0 Å². The summed E-state index contributed by atoms with van der Waals surface area (Å²) in [7, 11) is 0. The van der Waals surface area contributed by atoms with Gasteiger partial charge in [0.25, 0.3) is 0 Å². The predicted octanol–water partition coefficient (Wildman–Crippen LogP) is 34.4. The minimum atomic E-state index is 0.621. The Morgan fingerprint density at radius 1 is 0.142 bits per heavy atom. The molecule has 28 aromatic rings. The molecule has 0 saturated heterocycles. The second-order valence-corrected chi connectivity index (χ2v) is 36.3. The standard InChI is InChI=1S/C47H29N3O.C41H25N3O.C41H25N3S/c1-3-13-30(14-4-1)45-48-46(31-15-5-2-6-16-31)50-47(49-45)41-19-8-7-17-39(41)38-23-12-21-36-35(20-11-22-37(36)38)33-26-25-32-29-44-42(28-34(32)27-33)40-18-9-10-24-43(40)51-44;1-3-12-26(13-4-1)28-22-25-36(30-17-8-7-16-29(28)30)41-43-39(27-14-5-2-6-15-27)42-40(44-41)35-20-11-19-33-31(35)23-24-34-32-18-9-10-21-37(32)45-38(33)34;1-3-10-26(11-4-1)29-20-18-27-19-21-30(25-31(27)24-29)40-42-39(28-12-5-2-6-13-28)43-41(44-40)36-16-9-15-34-32(36)22-23-35-33-14-7-8-17-37(33)45-38(34)35/h1-29H;2*1-25H. The fourth-order valence-corrected chi connectivity index (χ4v) is 21.2. The van der Waals surface area contributed by atoms with Crippen molar-refractivity contribution in [2.24, 2.45) is 0 Å². The third-order valence-electron chi connectivity index (χ3n) is 26.8. The molecule has 0 saturated carbocycles. The minimum absolute atomic E-state index is 0.621. The molecule has 0 N–H and O–H groups in total. The summed E-state index contributed by atoms with van der Waals surface area (Å²) in [6.07, 6.45) is 0. The number of para-hydroxylation sites is 2. The maximum atomic E-state index is 6.39. The molecule has 658 valence electrons. The van der Waals surface area contributed by atoms with E-state index in [-0.39, 0.29) is 0 Å². The zero-order valence-electron chi connectivity index (χ0n) is 75.9. The van der Waals surface area contributed by atoms with Gasteiger partial charge in [-0.3, -0.25) is 0 Å². The third-order valence-corrected chi connectivity index (χ3v) is 28.0. The van der Waals surface area contributed by atoms with Crippen molar-refractivity contribution in [1.82, 2.24) is 44.9 Å². The first-order valence-electron chi connectivity index (χ1n) is 47.2. The first-order valence-corrected chi connectivity index (χ1v) is 48.0. The van der Waals surface area contributed by atoms with Crippen LogP contribution >= 0.6 is 11.3 Å². The molecule has 0 amide bonds. The Labute approximate surface area is 814 Å². The van der Waals surface area contributed by atoms with Crippen LogP contribution in [0.2, 0.25) is 0 Å². The summed E-state index contributed by atoms with van der Waals surface area (Å²) < 4.78 is 15.1. The molecule has 28 rings (SSSR count). The Kier molecular flexibility index (Phi) is 20.9. The molecular weight excluding hydrogens is 1740 g/mol. The van der Waals surface area contributed by atoms with Crippen LogP contribution in [-0.2, 0) is 0 Å². The van der Waals surface area contributed by atoms with E-state index in [2.05, 4.69) is 328 Å². The second-order valence-electron chi connectivity index (χ2n) is 35.2. The molecule has 0 aliphatic carbocycles. The molecule has 12 heteroatoms. The van der Waals surface area contributed by atoms with Crippen LogP contribution in [0.1, 0.15) is 0 Å². The van der Waals surface area contributed by atoms with E-state index in [0.717, 1.165) is 143 Å². The molecule has 22 aromatic carbocycles. The maximum Gasteiger partial charge on any atom is 0.164 e. The Balaban J connectivity index is 0.000000109. The van der Waals surface area contributed by atoms with Gasteiger partial charge >= 0.3 is 0 Å². The summed E-state index contributed by atoms with van der Waals surface area (Å²) in [4.78, 5) is 45.6. The highest BCUT2D eigenvalue weighted by Crippen LogP contribution is 2.47. The Morgan fingerprint density at radius 3 is 1.06 bits per heavy atom. The molecule has 0 unspecified atom stereocenters. The number of rotatable bonds is 13. The second kappa shape index (κ2) is 35.5. The van der Waals surface area contributed by atoms with Crippen LogP contribution in [-0.4, -0.2) is 44.9 Å². The molecule has 0 spiro atoms. The Hall–Kier alpha value is -18.8. The van der Waals surface area contributed by atoms with E-state index >= 15 is 0 Å². The number of nitrogens with zero attached hydrogens (tertiary/aromatic N) is 9. The van der Waals surface area contributed by atoms with Crippen molar-refractivity contribution in [3.8, 4) is 147 Å². The molecule has 11 nitrogen and oxygen atoms in total. The van der Waals surface area contributed by atoms with E-state index in [9.17, 15) is 0 Å². The predicted molar refractivity (Wildman–Crippen MR) is 583 cm³/mol. The van der Waals surface area contributed by atoms with Crippen LogP contribution in [0.3, 0.4) is 0 Å². The number of aromatic nitrogens is 9. The summed E-state index contributed by atoms with van der Waals surface area (Å²) in [5, 5.41) is 20.7. The van der Waals surface area contributed by atoms with Crippen molar-refractivity contribution in [1.29, 1.82) is 0 Å². The van der Waals surface area contributed by atoms with Gasteiger partial charge in [-0.05, 0) is 159 Å². The van der Waals surface area contributed by atoms with Crippen LogP contribution in [0, 0.1) is 0 Å². The number of fused-ring (bicyclic) bond motifs is 17. The van der Waals surface area contributed by atoms with E-state index < -0.39 is 0 Å². The molecule has 6 aromatic heterocycles. The highest BCUT2D eigenvalue weighted by molar-refractivity contribution is 7.26. The highest BCUT2D eigenvalue weighted by Gasteiger charge is 2.25. The van der Waals surface area contributed by atoms with Crippen molar-refractivity contribution >= 4 is 140 Å². The SMILES string of the molecule is c1ccc(-c2ccc3ccc(-c4nc(-c5ccccc5)nc(-c5cccc6c5ccc5c7ccccc7sc65)n4)cc3c2)cc1.c1ccc(-c2nc(-c3ccc(-c4ccccc4)c4ccccc34)nc(-c3cccc4c3ccc3c5ccccc5oc43)n2)cc1.c1ccc(-c2nc(-c3ccccc3)nc(-c3ccccc3-c3cccc4c(-c5ccc6cc7oc8ccccc8c7cc6c5)cccc34)n2)cc1. The molecule has 0 radical (unpaired) electrons. The van der Waals surface area contributed by atoms with E-state index in [1.54, 1.807) is 0 Å². The van der Waals surface area contributed by atoms with Gasteiger partial charge in [-0.15, -0.1) is 11.3 Å². The zero-order chi connectivity index (χ0) is 93.2. The average molecular weight is 1820 g/mol. The lowest BCUT2D eigenvalue weighted by Crippen LogP contribution is -2.01. The number of hydrogen-bond donors (Lipinski definition) is 0. The van der Waals surface area contributed by atoms with Crippen molar-refractivity contribution in [3.05, 3.63) is 479 Å². The average Bonchev–Trinajstić information content (AvgIpc) is 1.66. The third kappa shape index (κ3) is 15.4. The first kappa shape index (κ1) is 82.9. The fourth-order valence-electron chi connectivity index (χ4n) is 20.0. The van der Waals surface area contributed by atoms with Gasteiger partial charge in [0.1, 0.15) is 22.3 Å². The van der Waals surface area contributed by atoms with E-state index in [0.29, 0.717) is 52.4 Å². The zero-order valence-corrected chi connectivity index (χ0v) is 76.7. The van der Waals surface area contributed by atoms with E-state index in [1.165, 1.54) is 80.5 Å². The molecule has 0 aliphatic rings. The molecule has 6 heterocycles. The fraction of sp³-hybridized carbons (Fsp3) is 0. The molecule has 0 fully saturated rings. The van der Waals surface area contributed by atoms with Gasteiger partial charge in [0.2, 0.25) is 0 Å². The van der Waals surface area contributed by atoms with Crippen molar-refractivity contribution in [2.45, 2.75) is 0 Å². The van der Waals surface area contributed by atoms with E-state index in [4.69, 9.17) is 53.7 Å². The molecule has 0 bridgehead atoms. The lowest BCUT2D eigenvalue weighted by Gasteiger charge is -2.15. The van der Waals surface area contributed by atoms with Gasteiger partial charge in [-0.2, -0.15) is 0 Å². The van der Waals surface area contributed by atoms with Crippen LogP contribution < -0.4 is 0 Å². The molecular formula is C129H79N9O2S. The van der Waals surface area contributed by atoms with Gasteiger partial charge in [0, 0.05) is 103 Å². The number of thiophene rings is 1.